The number of fused-ring (bicyclic) bond motifs is 1. The van der Waals surface area contributed by atoms with E-state index in [0.29, 0.717) is 17.7 Å². The summed E-state index contributed by atoms with van der Waals surface area (Å²) in [6, 6.07) is 0. The fourth-order valence-electron chi connectivity index (χ4n) is 1.41. The molecule has 0 N–H and O–H groups in total. The van der Waals surface area contributed by atoms with Crippen LogP contribution < -0.4 is 0 Å². The Morgan fingerprint density at radius 2 is 2.07 bits per heavy atom. The van der Waals surface area contributed by atoms with Gasteiger partial charge in [-0.15, -0.1) is 0 Å². The summed E-state index contributed by atoms with van der Waals surface area (Å²) in [5.74, 6) is 0. The van der Waals surface area contributed by atoms with Gasteiger partial charge in [-0.25, -0.2) is 0 Å². The lowest BCUT2D eigenvalue weighted by molar-refractivity contribution is -0.137. The Labute approximate surface area is 102 Å². The molecular weight excluding hydrogens is 341 g/mol. The van der Waals surface area contributed by atoms with Gasteiger partial charge in [0.05, 0.1) is 16.3 Å². The molecule has 0 radical (unpaired) electrons. The zero-order chi connectivity index (χ0) is 11.2. The Kier molecular flexibility index (Phi) is 2.70. The minimum absolute atomic E-state index is 0.245. The molecule has 80 valence electrons. The van der Waals surface area contributed by atoms with Gasteiger partial charge < -0.3 is 0 Å². The molecule has 0 spiro atoms. The van der Waals surface area contributed by atoms with Crippen molar-refractivity contribution in [3.63, 3.8) is 0 Å². The highest BCUT2D eigenvalue weighted by atomic mass is 127. The van der Waals surface area contributed by atoms with Crippen LogP contribution in [-0.4, -0.2) is 4.98 Å². The monoisotopic (exact) mass is 345 g/mol. The summed E-state index contributed by atoms with van der Waals surface area (Å²) < 4.78 is 38.2. The summed E-state index contributed by atoms with van der Waals surface area (Å²) in [6.45, 7) is 0. The molecule has 0 aromatic carbocycles. The smallest absolute Gasteiger partial charge is 0.260 e. The van der Waals surface area contributed by atoms with Gasteiger partial charge in [-0.05, 0) is 22.6 Å². The molecule has 0 saturated heterocycles. The van der Waals surface area contributed by atoms with Crippen LogP contribution in [0.3, 0.4) is 0 Å². The number of allylic oxidation sites excluding steroid dienone is 1. The first kappa shape index (κ1) is 11.2. The molecule has 1 heterocycles. The van der Waals surface area contributed by atoms with Gasteiger partial charge in [0.2, 0.25) is 0 Å². The molecular formula is C9H4ClF3IN. The van der Waals surface area contributed by atoms with E-state index in [0.717, 1.165) is 9.78 Å². The van der Waals surface area contributed by atoms with E-state index in [-0.39, 0.29) is 5.02 Å². The third kappa shape index (κ3) is 1.87. The van der Waals surface area contributed by atoms with E-state index in [1.165, 1.54) is 0 Å². The van der Waals surface area contributed by atoms with Crippen LogP contribution in [0.25, 0.3) is 3.58 Å². The standard InChI is InChI=1S/C9H4ClF3IN/c10-8-4(9(11,12)13)3-15-6-2-1-5(14)7(6)8/h1,3H,2H2. The van der Waals surface area contributed by atoms with Crippen LogP contribution in [0.4, 0.5) is 13.2 Å². The normalized spacial score (nSPS) is 15.1. The molecule has 0 amide bonds. The van der Waals surface area contributed by atoms with Gasteiger partial charge >= 0.3 is 6.18 Å². The fraction of sp³-hybridized carbons (Fsp3) is 0.222. The van der Waals surface area contributed by atoms with Gasteiger partial charge in [0.1, 0.15) is 0 Å². The highest BCUT2D eigenvalue weighted by Crippen LogP contribution is 2.42. The molecule has 0 bridgehead atoms. The molecule has 0 saturated carbocycles. The lowest BCUT2D eigenvalue weighted by atomic mass is 10.1. The SMILES string of the molecule is FC(F)(F)c1cnc2c(c1Cl)C(I)=CC2. The summed E-state index contributed by atoms with van der Waals surface area (Å²) in [5, 5.41) is -0.245. The molecule has 2 rings (SSSR count). The van der Waals surface area contributed by atoms with Gasteiger partial charge in [0.15, 0.2) is 0 Å². The number of alkyl halides is 3. The van der Waals surface area contributed by atoms with Crippen LogP contribution in [0.1, 0.15) is 16.8 Å². The predicted octanol–water partition coefficient (Wildman–Crippen LogP) is 4.09. The van der Waals surface area contributed by atoms with Crippen molar-refractivity contribution in [1.82, 2.24) is 4.98 Å². The molecule has 6 heteroatoms. The first-order valence-electron chi connectivity index (χ1n) is 4.02. The van der Waals surface area contributed by atoms with E-state index in [1.807, 2.05) is 28.7 Å². The van der Waals surface area contributed by atoms with E-state index in [9.17, 15) is 13.2 Å². The molecule has 1 aromatic heterocycles. The highest BCUT2D eigenvalue weighted by molar-refractivity contribution is 14.1. The van der Waals surface area contributed by atoms with Crippen molar-refractivity contribution in [2.75, 3.05) is 0 Å². The van der Waals surface area contributed by atoms with Gasteiger partial charge in [-0.3, -0.25) is 4.98 Å². The van der Waals surface area contributed by atoms with Gasteiger partial charge in [0, 0.05) is 21.8 Å². The number of hydrogen-bond donors (Lipinski definition) is 0. The third-order valence-corrected chi connectivity index (χ3v) is 3.49. The number of hydrogen-bond acceptors (Lipinski definition) is 1. The van der Waals surface area contributed by atoms with Crippen molar-refractivity contribution in [3.8, 4) is 0 Å². The Bertz CT molecular complexity index is 453. The van der Waals surface area contributed by atoms with Gasteiger partial charge in [0.25, 0.3) is 0 Å². The predicted molar refractivity (Wildman–Crippen MR) is 60.0 cm³/mol. The maximum Gasteiger partial charge on any atom is 0.419 e. The van der Waals surface area contributed by atoms with E-state index in [1.54, 1.807) is 0 Å². The summed E-state index contributed by atoms with van der Waals surface area (Å²) >= 11 is 7.69. The van der Waals surface area contributed by atoms with Crippen LogP contribution >= 0.6 is 34.2 Å². The molecule has 0 aliphatic heterocycles. The molecule has 1 aliphatic rings. The van der Waals surface area contributed by atoms with Gasteiger partial charge in [-0.2, -0.15) is 13.2 Å². The van der Waals surface area contributed by atoms with Crippen LogP contribution in [0.15, 0.2) is 12.3 Å². The van der Waals surface area contributed by atoms with E-state index in [4.69, 9.17) is 11.6 Å². The molecule has 1 aliphatic carbocycles. The van der Waals surface area contributed by atoms with Crippen molar-refractivity contribution in [1.29, 1.82) is 0 Å². The average molecular weight is 345 g/mol. The number of nitrogens with zero attached hydrogens (tertiary/aromatic N) is 1. The first-order chi connectivity index (χ1) is 6.91. The minimum Gasteiger partial charge on any atom is -0.260 e. The zero-order valence-electron chi connectivity index (χ0n) is 7.20. The average Bonchev–Trinajstić information content (AvgIpc) is 2.46. The molecule has 1 nitrogen and oxygen atoms in total. The van der Waals surface area contributed by atoms with Crippen molar-refractivity contribution in [2.45, 2.75) is 12.6 Å². The first-order valence-corrected chi connectivity index (χ1v) is 5.47. The van der Waals surface area contributed by atoms with Crippen molar-refractivity contribution >= 4 is 37.8 Å². The van der Waals surface area contributed by atoms with Gasteiger partial charge in [-0.1, -0.05) is 17.7 Å². The summed E-state index contributed by atoms with van der Waals surface area (Å²) in [7, 11) is 0. The maximum absolute atomic E-state index is 12.5. The minimum atomic E-state index is -4.45. The van der Waals surface area contributed by atoms with Crippen molar-refractivity contribution < 1.29 is 13.2 Å². The number of rotatable bonds is 0. The number of pyridine rings is 1. The highest BCUT2D eigenvalue weighted by Gasteiger charge is 2.36. The van der Waals surface area contributed by atoms with E-state index >= 15 is 0 Å². The van der Waals surface area contributed by atoms with Crippen LogP contribution in [-0.2, 0) is 12.6 Å². The van der Waals surface area contributed by atoms with E-state index in [2.05, 4.69) is 4.98 Å². The number of aromatic nitrogens is 1. The lowest BCUT2D eigenvalue weighted by Crippen LogP contribution is -2.08. The Hall–Kier alpha value is -0.300. The van der Waals surface area contributed by atoms with Crippen molar-refractivity contribution in [2.24, 2.45) is 0 Å². The summed E-state index contributed by atoms with van der Waals surface area (Å²) in [6.07, 6.45) is -1.29. The number of halogens is 5. The second-order valence-corrected chi connectivity index (χ2v) is 4.60. The molecule has 0 atom stereocenters. The topological polar surface area (TPSA) is 12.9 Å². The molecule has 15 heavy (non-hydrogen) atoms. The van der Waals surface area contributed by atoms with Crippen LogP contribution in [0.2, 0.25) is 5.02 Å². The molecule has 1 aromatic rings. The lowest BCUT2D eigenvalue weighted by Gasteiger charge is -2.11. The van der Waals surface area contributed by atoms with Crippen LogP contribution in [0, 0.1) is 0 Å². The zero-order valence-corrected chi connectivity index (χ0v) is 10.1. The molecule has 0 unspecified atom stereocenters. The summed E-state index contributed by atoms with van der Waals surface area (Å²) in [4.78, 5) is 3.78. The Morgan fingerprint density at radius 3 is 2.67 bits per heavy atom. The Morgan fingerprint density at radius 1 is 1.40 bits per heavy atom. The third-order valence-electron chi connectivity index (χ3n) is 2.11. The van der Waals surface area contributed by atoms with Crippen molar-refractivity contribution in [3.05, 3.63) is 34.1 Å². The van der Waals surface area contributed by atoms with E-state index < -0.39 is 11.7 Å². The maximum atomic E-state index is 12.5. The Balaban J connectivity index is 2.64. The largest absolute Gasteiger partial charge is 0.419 e. The second kappa shape index (κ2) is 3.62. The fourth-order valence-corrected chi connectivity index (χ4v) is 2.74. The molecule has 0 fully saturated rings. The second-order valence-electron chi connectivity index (χ2n) is 3.06. The summed E-state index contributed by atoms with van der Waals surface area (Å²) in [5.41, 5.74) is 0.164. The van der Waals surface area contributed by atoms with Crippen LogP contribution in [0.5, 0.6) is 0 Å². The quantitative estimate of drug-likeness (QED) is 0.646.